The number of carbonyl (C=O) groups is 2. The van der Waals surface area contributed by atoms with Crippen molar-refractivity contribution in [2.75, 3.05) is 17.7 Å². The molecule has 8 nitrogen and oxygen atoms in total. The predicted octanol–water partition coefficient (Wildman–Crippen LogP) is 5.35. The zero-order chi connectivity index (χ0) is 22.5. The molecule has 0 unspecified atom stereocenters. The number of nitrogens with one attached hydrogen (secondary N) is 2. The van der Waals surface area contributed by atoms with Crippen molar-refractivity contribution in [1.29, 1.82) is 0 Å². The Morgan fingerprint density at radius 1 is 1.00 bits per heavy atom. The van der Waals surface area contributed by atoms with Crippen molar-refractivity contribution in [3.8, 4) is 17.4 Å². The van der Waals surface area contributed by atoms with Gasteiger partial charge in [0.25, 0.3) is 11.8 Å². The van der Waals surface area contributed by atoms with E-state index in [0.717, 1.165) is 16.9 Å². The Labute approximate surface area is 187 Å². The number of furan rings is 1. The average Bonchev–Trinajstić information content (AvgIpc) is 3.49. The molecule has 162 valence electrons. The number of nitrogens with zero attached hydrogens (tertiary/aromatic N) is 1. The highest BCUT2D eigenvalue weighted by molar-refractivity contribution is 7.18. The van der Waals surface area contributed by atoms with Crippen molar-refractivity contribution < 1.29 is 23.5 Å². The second kappa shape index (κ2) is 9.36. The van der Waals surface area contributed by atoms with Gasteiger partial charge >= 0.3 is 0 Å². The maximum absolute atomic E-state index is 12.5. The number of methoxy groups -OCH3 is 1. The Morgan fingerprint density at radius 2 is 1.88 bits per heavy atom. The Bertz CT molecular complexity index is 1230. The number of hydrogen-bond acceptors (Lipinski definition) is 7. The van der Waals surface area contributed by atoms with Gasteiger partial charge in [-0.1, -0.05) is 6.07 Å². The zero-order valence-electron chi connectivity index (χ0n) is 17.2. The first kappa shape index (κ1) is 21.1. The molecule has 0 saturated heterocycles. The minimum atomic E-state index is -0.381. The summed E-state index contributed by atoms with van der Waals surface area (Å²) in [4.78, 5) is 29.2. The van der Waals surface area contributed by atoms with Crippen molar-refractivity contribution in [2.45, 2.75) is 6.92 Å². The lowest BCUT2D eigenvalue weighted by Gasteiger charge is -2.10. The molecule has 1 aromatic carbocycles. The van der Waals surface area contributed by atoms with Crippen molar-refractivity contribution in [1.82, 2.24) is 4.98 Å². The summed E-state index contributed by atoms with van der Waals surface area (Å²) >= 11 is 1.15. The summed E-state index contributed by atoms with van der Waals surface area (Å²) in [7, 11) is 1.58. The second-order valence-corrected chi connectivity index (χ2v) is 7.77. The molecule has 0 fully saturated rings. The summed E-state index contributed by atoms with van der Waals surface area (Å²) in [6.07, 6.45) is 2.92. The number of carbonyl (C=O) groups excluding carboxylic acids is 2. The monoisotopic (exact) mass is 449 g/mol. The molecule has 4 aromatic rings. The van der Waals surface area contributed by atoms with Gasteiger partial charge in [0.05, 0.1) is 35.1 Å². The lowest BCUT2D eigenvalue weighted by molar-refractivity contribution is 0.0995. The van der Waals surface area contributed by atoms with E-state index < -0.39 is 0 Å². The smallest absolute Gasteiger partial charge is 0.291 e. The lowest BCUT2D eigenvalue weighted by atomic mass is 10.2. The van der Waals surface area contributed by atoms with Crippen LogP contribution in [0.5, 0.6) is 17.4 Å². The van der Waals surface area contributed by atoms with E-state index in [1.807, 2.05) is 25.1 Å². The number of ether oxygens (including phenoxy) is 2. The second-order valence-electron chi connectivity index (χ2n) is 6.69. The van der Waals surface area contributed by atoms with Crippen LogP contribution in [-0.2, 0) is 0 Å². The Balaban J connectivity index is 1.37. The maximum Gasteiger partial charge on any atom is 0.291 e. The summed E-state index contributed by atoms with van der Waals surface area (Å²) < 4.78 is 16.2. The Kier molecular flexibility index (Phi) is 6.18. The number of rotatable bonds is 7. The summed E-state index contributed by atoms with van der Waals surface area (Å²) in [5.41, 5.74) is 1.56. The van der Waals surface area contributed by atoms with Crippen LogP contribution < -0.4 is 20.1 Å². The van der Waals surface area contributed by atoms with Gasteiger partial charge in [0.1, 0.15) is 0 Å². The van der Waals surface area contributed by atoms with Crippen LogP contribution in [0.15, 0.2) is 71.5 Å². The van der Waals surface area contributed by atoms with Gasteiger partial charge in [0, 0.05) is 6.07 Å². The number of aromatic nitrogens is 1. The first-order valence-electron chi connectivity index (χ1n) is 9.56. The Morgan fingerprint density at radius 3 is 2.59 bits per heavy atom. The van der Waals surface area contributed by atoms with Crippen LogP contribution in [0.2, 0.25) is 0 Å². The summed E-state index contributed by atoms with van der Waals surface area (Å²) in [5.74, 6) is 1.02. The number of thiophene rings is 1. The van der Waals surface area contributed by atoms with Crippen LogP contribution in [0.3, 0.4) is 0 Å². The molecule has 0 aliphatic rings. The van der Waals surface area contributed by atoms with Crippen molar-refractivity contribution in [2.24, 2.45) is 0 Å². The molecule has 9 heteroatoms. The Hall–Kier alpha value is -4.11. The zero-order valence-corrected chi connectivity index (χ0v) is 18.1. The van der Waals surface area contributed by atoms with Crippen molar-refractivity contribution in [3.05, 3.63) is 83.3 Å². The SMILES string of the molecule is COc1cc(C)ccc1Oc1ccc(NC(=O)c2ccc(NC(=O)c3ccco3)s2)cn1. The third-order valence-electron chi connectivity index (χ3n) is 4.34. The van der Waals surface area contributed by atoms with Crippen molar-refractivity contribution in [3.63, 3.8) is 0 Å². The number of hydrogen-bond donors (Lipinski definition) is 2. The minimum Gasteiger partial charge on any atom is -0.493 e. The van der Waals surface area contributed by atoms with E-state index in [9.17, 15) is 9.59 Å². The van der Waals surface area contributed by atoms with Crippen LogP contribution in [0.1, 0.15) is 25.8 Å². The minimum absolute atomic E-state index is 0.195. The fraction of sp³-hybridized carbons (Fsp3) is 0.0870. The largest absolute Gasteiger partial charge is 0.493 e. The first-order valence-corrected chi connectivity index (χ1v) is 10.4. The van der Waals surface area contributed by atoms with Crippen LogP contribution in [0.4, 0.5) is 10.7 Å². The highest BCUT2D eigenvalue weighted by Crippen LogP contribution is 2.31. The summed E-state index contributed by atoms with van der Waals surface area (Å²) in [6, 6.07) is 15.4. The molecule has 3 aromatic heterocycles. The van der Waals surface area contributed by atoms with E-state index in [-0.39, 0.29) is 17.6 Å². The molecule has 4 rings (SSSR count). The predicted molar refractivity (Wildman–Crippen MR) is 121 cm³/mol. The molecule has 3 heterocycles. The van der Waals surface area contributed by atoms with Gasteiger partial charge in [-0.25, -0.2) is 4.98 Å². The molecule has 0 spiro atoms. The van der Waals surface area contributed by atoms with Gasteiger partial charge in [0.2, 0.25) is 5.88 Å². The van der Waals surface area contributed by atoms with E-state index in [0.29, 0.717) is 32.9 Å². The molecule has 0 aliphatic heterocycles. The number of pyridine rings is 1. The molecule has 32 heavy (non-hydrogen) atoms. The topological polar surface area (TPSA) is 103 Å². The van der Waals surface area contributed by atoms with E-state index >= 15 is 0 Å². The molecule has 0 aliphatic carbocycles. The number of benzene rings is 1. The number of amides is 2. The summed E-state index contributed by atoms with van der Waals surface area (Å²) in [6.45, 7) is 1.96. The van der Waals surface area contributed by atoms with Gasteiger partial charge in [-0.2, -0.15) is 0 Å². The molecule has 0 saturated carbocycles. The van der Waals surface area contributed by atoms with E-state index in [2.05, 4.69) is 15.6 Å². The molecule has 2 amide bonds. The highest BCUT2D eigenvalue weighted by Gasteiger charge is 2.14. The van der Waals surface area contributed by atoms with Gasteiger partial charge in [0.15, 0.2) is 17.3 Å². The molecular formula is C23H19N3O5S. The van der Waals surface area contributed by atoms with Gasteiger partial charge in [-0.3, -0.25) is 9.59 Å². The number of aryl methyl sites for hydroxylation is 1. The molecule has 0 bridgehead atoms. The molecular weight excluding hydrogens is 430 g/mol. The fourth-order valence-corrected chi connectivity index (χ4v) is 3.58. The normalized spacial score (nSPS) is 10.4. The van der Waals surface area contributed by atoms with E-state index in [4.69, 9.17) is 13.9 Å². The number of anilines is 2. The van der Waals surface area contributed by atoms with Gasteiger partial charge in [-0.15, -0.1) is 11.3 Å². The third-order valence-corrected chi connectivity index (χ3v) is 5.34. The van der Waals surface area contributed by atoms with Crippen LogP contribution in [-0.4, -0.2) is 23.9 Å². The first-order chi connectivity index (χ1) is 15.5. The quantitative estimate of drug-likeness (QED) is 0.394. The maximum atomic E-state index is 12.5. The molecule has 0 radical (unpaired) electrons. The average molecular weight is 449 g/mol. The van der Waals surface area contributed by atoms with Crippen LogP contribution in [0, 0.1) is 6.92 Å². The fourth-order valence-electron chi connectivity index (χ4n) is 2.79. The molecule has 0 atom stereocenters. The van der Waals surface area contributed by atoms with E-state index in [1.54, 1.807) is 43.5 Å². The summed E-state index contributed by atoms with van der Waals surface area (Å²) in [5, 5.41) is 6.00. The molecule has 2 N–H and O–H groups in total. The van der Waals surface area contributed by atoms with Gasteiger partial charge < -0.3 is 24.5 Å². The van der Waals surface area contributed by atoms with Gasteiger partial charge in [-0.05, 0) is 55.0 Å². The van der Waals surface area contributed by atoms with Crippen molar-refractivity contribution >= 4 is 33.8 Å². The lowest BCUT2D eigenvalue weighted by Crippen LogP contribution is -2.10. The standard InChI is InChI=1S/C23H19N3O5S/c1-14-5-7-16(18(12-14)29-2)31-20-9-6-15(13-24-20)25-23(28)19-8-10-21(32-19)26-22(27)17-4-3-11-30-17/h3-13H,1-2H3,(H,25,28)(H,26,27). The van der Waals surface area contributed by atoms with Crippen LogP contribution in [0.25, 0.3) is 0 Å². The van der Waals surface area contributed by atoms with E-state index in [1.165, 1.54) is 12.5 Å². The third kappa shape index (κ3) is 4.96. The van der Waals surface area contributed by atoms with Crippen LogP contribution >= 0.6 is 11.3 Å². The highest BCUT2D eigenvalue weighted by atomic mass is 32.1.